The van der Waals surface area contributed by atoms with Gasteiger partial charge in [-0.2, -0.15) is 0 Å². The van der Waals surface area contributed by atoms with Crippen LogP contribution in [0, 0.1) is 23.7 Å². The van der Waals surface area contributed by atoms with Crippen LogP contribution in [0.2, 0.25) is 0 Å². The van der Waals surface area contributed by atoms with E-state index in [2.05, 4.69) is 0 Å². The topological polar surface area (TPSA) is 206 Å². The van der Waals surface area contributed by atoms with Crippen LogP contribution in [0.1, 0.15) is 67.1 Å². The van der Waals surface area contributed by atoms with Crippen molar-refractivity contribution in [2.75, 3.05) is 6.26 Å². The smallest absolute Gasteiger partial charge is 0.235 e. The van der Waals surface area contributed by atoms with Crippen LogP contribution in [-0.2, 0) is 40.2 Å². The summed E-state index contributed by atoms with van der Waals surface area (Å²) in [5, 5.41) is 34.0. The van der Waals surface area contributed by atoms with Gasteiger partial charge in [0.2, 0.25) is 5.91 Å². The Labute approximate surface area is 219 Å². The number of hydrogen-bond donors (Lipinski definition) is 4. The van der Waals surface area contributed by atoms with Crippen molar-refractivity contribution < 1.29 is 47.7 Å². The van der Waals surface area contributed by atoms with Crippen LogP contribution in [0.4, 0.5) is 0 Å². The number of amides is 1. The molecule has 206 valence electrons. The van der Waals surface area contributed by atoms with Crippen molar-refractivity contribution in [1.82, 2.24) is 0 Å². The van der Waals surface area contributed by atoms with Crippen LogP contribution in [0.3, 0.4) is 0 Å². The summed E-state index contributed by atoms with van der Waals surface area (Å²) in [5.41, 5.74) is 1.72. The lowest BCUT2D eigenvalue weighted by atomic mass is 9.50. The van der Waals surface area contributed by atoms with Gasteiger partial charge < -0.3 is 21.1 Å². The predicted molar refractivity (Wildman–Crippen MR) is 132 cm³/mol. The Hall–Kier alpha value is -2.96. The number of aromatic hydroxyl groups is 1. The molecule has 3 aliphatic carbocycles. The second-order valence-corrected chi connectivity index (χ2v) is 14.0. The van der Waals surface area contributed by atoms with Crippen molar-refractivity contribution >= 4 is 38.9 Å². The number of nitrogens with two attached hydrogens (primary N) is 1. The number of ketones is 4. The zero-order valence-corrected chi connectivity index (χ0v) is 22.5. The monoisotopic (exact) mass is 549 g/mol. The average Bonchev–Trinajstić information content (AvgIpc) is 2.75. The highest BCUT2D eigenvalue weighted by Gasteiger charge is 2.70. The van der Waals surface area contributed by atoms with E-state index in [1.54, 1.807) is 27.7 Å². The van der Waals surface area contributed by atoms with Gasteiger partial charge >= 0.3 is 0 Å². The molecule has 2 fully saturated rings. The van der Waals surface area contributed by atoms with Gasteiger partial charge in [-0.05, 0) is 22.5 Å². The minimum absolute atomic E-state index is 0.146. The Balaban J connectivity index is 1.99. The quantitative estimate of drug-likeness (QED) is 0.362. The number of carbonyl (C=O) groups is 5. The summed E-state index contributed by atoms with van der Waals surface area (Å²) < 4.78 is 24.6. The number of benzene rings is 1. The average molecular weight is 550 g/mol. The summed E-state index contributed by atoms with van der Waals surface area (Å²) in [5.74, 6) is -14.7. The van der Waals surface area contributed by atoms with Crippen LogP contribution in [0.25, 0.3) is 0 Å². The summed E-state index contributed by atoms with van der Waals surface area (Å²) >= 11 is 0. The van der Waals surface area contributed by atoms with E-state index in [0.29, 0.717) is 0 Å². The molecular weight excluding hydrogens is 518 g/mol. The Morgan fingerprint density at radius 1 is 1.16 bits per heavy atom. The van der Waals surface area contributed by atoms with E-state index < -0.39 is 104 Å². The number of fused-ring (bicyclic) bond motifs is 3. The van der Waals surface area contributed by atoms with Gasteiger partial charge in [0.1, 0.15) is 5.75 Å². The van der Waals surface area contributed by atoms with E-state index in [4.69, 9.17) is 5.73 Å². The molecule has 5 N–H and O–H groups in total. The number of phenolic OH excluding ortho intramolecular Hbond substituents is 1. The van der Waals surface area contributed by atoms with Gasteiger partial charge in [-0.1, -0.05) is 33.8 Å². The van der Waals surface area contributed by atoms with Crippen molar-refractivity contribution in [3.63, 3.8) is 0 Å². The van der Waals surface area contributed by atoms with Gasteiger partial charge in [0, 0.05) is 30.1 Å². The van der Waals surface area contributed by atoms with E-state index in [1.807, 2.05) is 0 Å². The second-order valence-electron chi connectivity index (χ2n) is 11.8. The molecule has 0 aromatic heterocycles. The van der Waals surface area contributed by atoms with Gasteiger partial charge in [-0.15, -0.1) is 0 Å². The number of carbonyl (C=O) groups excluding carboxylic acids is 5. The molecule has 1 aromatic carbocycles. The number of hydrogen-bond acceptors (Lipinski definition) is 10. The Morgan fingerprint density at radius 3 is 2.24 bits per heavy atom. The van der Waals surface area contributed by atoms with Crippen LogP contribution in [0.5, 0.6) is 5.75 Å². The Morgan fingerprint density at radius 2 is 1.74 bits per heavy atom. The van der Waals surface area contributed by atoms with E-state index in [9.17, 15) is 47.7 Å². The molecule has 0 spiro atoms. The molecule has 0 radical (unpaired) electrons. The lowest BCUT2D eigenvalue weighted by Gasteiger charge is -2.53. The molecule has 4 rings (SSSR count). The fraction of sp³-hybridized carbons (Fsp3) is 0.577. The molecular formula is C26H31NO10S. The Kier molecular flexibility index (Phi) is 6.29. The number of phenols is 1. The highest BCUT2D eigenvalue weighted by molar-refractivity contribution is 7.89. The molecule has 3 aliphatic rings. The third-order valence-corrected chi connectivity index (χ3v) is 9.10. The van der Waals surface area contributed by atoms with Gasteiger partial charge in [0.15, 0.2) is 44.5 Å². The molecule has 1 amide bonds. The maximum atomic E-state index is 14.0. The fourth-order valence-electron chi connectivity index (χ4n) is 6.58. The molecule has 2 saturated carbocycles. The third-order valence-electron chi connectivity index (χ3n) is 8.26. The highest BCUT2D eigenvalue weighted by atomic mass is 32.2. The number of rotatable bonds is 3. The van der Waals surface area contributed by atoms with Crippen LogP contribution >= 0.6 is 0 Å². The first kappa shape index (κ1) is 28.1. The van der Waals surface area contributed by atoms with Gasteiger partial charge in [0.05, 0.1) is 23.3 Å². The third kappa shape index (κ3) is 3.84. The largest absolute Gasteiger partial charge is 0.507 e. The zero-order valence-electron chi connectivity index (χ0n) is 21.6. The SMILES string of the molecule is C[C@H]1c2c(CS(C)(=O)=O)cc(C(C)(C)C)c(O)c2C(=O)C2C(=O)[C@]3(O)C(=O)C(C(N)=O)C(=O)C[C@@H]3[C@@H](O)[C@@H]21. The van der Waals surface area contributed by atoms with E-state index in [-0.39, 0.29) is 22.3 Å². The molecule has 7 atom stereocenters. The number of primary amides is 1. The molecule has 0 bridgehead atoms. The maximum absolute atomic E-state index is 14.0. The highest BCUT2D eigenvalue weighted by Crippen LogP contribution is 2.55. The molecule has 38 heavy (non-hydrogen) atoms. The maximum Gasteiger partial charge on any atom is 0.235 e. The van der Waals surface area contributed by atoms with E-state index in [0.717, 1.165) is 6.26 Å². The summed E-state index contributed by atoms with van der Waals surface area (Å²) in [6.07, 6.45) is -1.43. The molecule has 0 saturated heterocycles. The first-order valence-corrected chi connectivity index (χ1v) is 14.2. The second kappa shape index (κ2) is 8.52. The zero-order chi connectivity index (χ0) is 28.9. The van der Waals surface area contributed by atoms with Crippen molar-refractivity contribution in [2.45, 2.75) is 62.9 Å². The minimum Gasteiger partial charge on any atom is -0.507 e. The number of aliphatic hydroxyl groups excluding tert-OH is 1. The molecule has 2 unspecified atom stereocenters. The molecule has 0 heterocycles. The van der Waals surface area contributed by atoms with Gasteiger partial charge in [-0.3, -0.25) is 24.0 Å². The normalized spacial score (nSPS) is 33.4. The van der Waals surface area contributed by atoms with E-state index >= 15 is 0 Å². The first-order valence-electron chi connectivity index (χ1n) is 12.2. The summed E-state index contributed by atoms with van der Waals surface area (Å²) in [6, 6.07) is 1.50. The molecule has 11 nitrogen and oxygen atoms in total. The minimum atomic E-state index is -3.63. The molecule has 12 heteroatoms. The van der Waals surface area contributed by atoms with E-state index in [1.165, 1.54) is 6.07 Å². The number of Topliss-reactive ketones (excluding diaryl/α,β-unsaturated/α-hetero) is 4. The van der Waals surface area contributed by atoms with Crippen LogP contribution in [-0.4, -0.2) is 70.7 Å². The van der Waals surface area contributed by atoms with Crippen molar-refractivity contribution in [2.24, 2.45) is 29.4 Å². The molecule has 0 aliphatic heterocycles. The summed E-state index contributed by atoms with van der Waals surface area (Å²) in [4.78, 5) is 65.2. The molecule has 1 aromatic rings. The van der Waals surface area contributed by atoms with Crippen molar-refractivity contribution in [3.05, 3.63) is 28.3 Å². The van der Waals surface area contributed by atoms with Gasteiger partial charge in [0.25, 0.3) is 0 Å². The fourth-order valence-corrected chi connectivity index (χ4v) is 7.38. The van der Waals surface area contributed by atoms with Crippen LogP contribution < -0.4 is 5.73 Å². The summed E-state index contributed by atoms with van der Waals surface area (Å²) in [7, 11) is -3.63. The lowest BCUT2D eigenvalue weighted by molar-refractivity contribution is -0.189. The standard InChI is InChI=1S/C26H31NO10S/c1-9-14-10(8-38(5,36)37)6-11(25(2,3)4)19(29)17(14)21(31)18-15(9)20(30)12-7-13(28)16(24(27)34)22(32)26(12,35)23(18)33/h6,9,12,15-16,18,20,29-30,35H,7-8H2,1-5H3,(H2,27,34)/t9-,12+,15+,16?,18?,20+,26+/m0/s1. The number of sulfone groups is 1. The first-order chi connectivity index (χ1) is 17.2. The predicted octanol–water partition coefficient (Wildman–Crippen LogP) is -0.299. The summed E-state index contributed by atoms with van der Waals surface area (Å²) in [6.45, 7) is 6.76. The lowest BCUT2D eigenvalue weighted by Crippen LogP contribution is -2.72. The van der Waals surface area contributed by atoms with Gasteiger partial charge in [-0.25, -0.2) is 8.42 Å². The number of aliphatic hydroxyl groups is 2. The van der Waals surface area contributed by atoms with Crippen molar-refractivity contribution in [3.8, 4) is 5.75 Å². The van der Waals surface area contributed by atoms with Crippen LogP contribution in [0.15, 0.2) is 6.07 Å². The van der Waals surface area contributed by atoms with Crippen molar-refractivity contribution in [1.29, 1.82) is 0 Å². The Bertz CT molecular complexity index is 1420.